The van der Waals surface area contributed by atoms with Gasteiger partial charge in [0.2, 0.25) is 0 Å². The number of halogens is 2. The fraction of sp³-hybridized carbons (Fsp3) is 0.600. The van der Waals surface area contributed by atoms with Crippen molar-refractivity contribution in [3.63, 3.8) is 0 Å². The van der Waals surface area contributed by atoms with E-state index in [0.717, 1.165) is 16.4 Å². The van der Waals surface area contributed by atoms with Crippen LogP contribution in [0, 0.1) is 5.92 Å². The number of aliphatic hydroxyl groups excluding tert-OH is 1. The third kappa shape index (κ3) is 3.93. The molecule has 0 amide bonds. The van der Waals surface area contributed by atoms with Gasteiger partial charge >= 0.3 is 0 Å². The van der Waals surface area contributed by atoms with E-state index in [4.69, 9.17) is 28.3 Å². The van der Waals surface area contributed by atoms with Crippen molar-refractivity contribution in [2.75, 3.05) is 13.2 Å². The van der Waals surface area contributed by atoms with Crippen LogP contribution in [0.3, 0.4) is 0 Å². The van der Waals surface area contributed by atoms with Crippen LogP contribution in [-0.4, -0.2) is 18.3 Å². The van der Waals surface area contributed by atoms with Crippen LogP contribution in [0.5, 0.6) is 0 Å². The van der Waals surface area contributed by atoms with E-state index in [-0.39, 0.29) is 18.6 Å². The second kappa shape index (κ2) is 6.06. The Morgan fingerprint density at radius 1 is 1.47 bits per heavy atom. The molecule has 0 spiro atoms. The van der Waals surface area contributed by atoms with E-state index in [1.807, 2.05) is 19.9 Å². The van der Waals surface area contributed by atoms with Crippen LogP contribution in [0.1, 0.15) is 25.5 Å². The zero-order valence-electron chi connectivity index (χ0n) is 8.76. The first-order chi connectivity index (χ1) is 7.04. The predicted octanol–water partition coefficient (Wildman–Crippen LogP) is 3.33. The first-order valence-electron chi connectivity index (χ1n) is 4.83. The van der Waals surface area contributed by atoms with Gasteiger partial charge in [0, 0.05) is 19.2 Å². The molecule has 0 aliphatic rings. The Bertz CT molecular complexity index is 316. The summed E-state index contributed by atoms with van der Waals surface area (Å²) in [4.78, 5) is 0. The number of hydrogen-bond donors (Lipinski definition) is 2. The topological polar surface area (TPSA) is 32.3 Å². The molecule has 15 heavy (non-hydrogen) atoms. The lowest BCUT2D eigenvalue weighted by molar-refractivity contribution is 0.231. The van der Waals surface area contributed by atoms with Crippen LogP contribution < -0.4 is 5.32 Å². The average molecular weight is 268 g/mol. The first kappa shape index (κ1) is 13.3. The second-order valence-corrected chi connectivity index (χ2v) is 5.98. The molecule has 0 saturated heterocycles. The molecule has 0 bridgehead atoms. The van der Waals surface area contributed by atoms with Gasteiger partial charge in [-0.3, -0.25) is 0 Å². The van der Waals surface area contributed by atoms with Crippen LogP contribution >= 0.6 is 34.5 Å². The van der Waals surface area contributed by atoms with Gasteiger partial charge in [0.15, 0.2) is 0 Å². The summed E-state index contributed by atoms with van der Waals surface area (Å²) in [5.41, 5.74) is 1.02. The van der Waals surface area contributed by atoms with Crippen molar-refractivity contribution >= 4 is 34.5 Å². The van der Waals surface area contributed by atoms with Gasteiger partial charge in [-0.25, -0.2) is 0 Å². The largest absolute Gasteiger partial charge is 0.396 e. The Kier molecular flexibility index (Phi) is 5.36. The molecular weight excluding hydrogens is 253 g/mol. The highest BCUT2D eigenvalue weighted by Gasteiger charge is 2.13. The Morgan fingerprint density at radius 3 is 2.60 bits per heavy atom. The van der Waals surface area contributed by atoms with Crippen LogP contribution in [0.4, 0.5) is 0 Å². The molecule has 0 aromatic carbocycles. The van der Waals surface area contributed by atoms with E-state index in [1.165, 1.54) is 11.3 Å². The molecule has 5 heteroatoms. The SMILES string of the molecule is CC(CO)CNC(C)c1cc(Cl)sc1Cl. The van der Waals surface area contributed by atoms with Gasteiger partial charge in [-0.1, -0.05) is 30.1 Å². The van der Waals surface area contributed by atoms with E-state index in [2.05, 4.69) is 5.32 Å². The third-order valence-corrected chi connectivity index (χ3v) is 3.75. The van der Waals surface area contributed by atoms with Gasteiger partial charge in [0.05, 0.1) is 8.67 Å². The zero-order valence-corrected chi connectivity index (χ0v) is 11.1. The monoisotopic (exact) mass is 267 g/mol. The molecule has 2 N–H and O–H groups in total. The van der Waals surface area contributed by atoms with Gasteiger partial charge in [-0.05, 0) is 24.5 Å². The maximum absolute atomic E-state index is 8.89. The third-order valence-electron chi connectivity index (χ3n) is 2.23. The normalized spacial score (nSPS) is 15.3. The second-order valence-electron chi connectivity index (χ2n) is 3.70. The summed E-state index contributed by atoms with van der Waals surface area (Å²) in [6.07, 6.45) is 0. The van der Waals surface area contributed by atoms with Crippen LogP contribution in [0.15, 0.2) is 6.07 Å². The number of hydrogen-bond acceptors (Lipinski definition) is 3. The van der Waals surface area contributed by atoms with E-state index >= 15 is 0 Å². The number of rotatable bonds is 5. The summed E-state index contributed by atoms with van der Waals surface area (Å²) in [6, 6.07) is 2.05. The molecule has 0 radical (unpaired) electrons. The molecule has 1 aromatic rings. The summed E-state index contributed by atoms with van der Waals surface area (Å²) < 4.78 is 1.44. The lowest BCUT2D eigenvalue weighted by Crippen LogP contribution is -2.25. The number of aliphatic hydroxyl groups is 1. The van der Waals surface area contributed by atoms with Crippen molar-refractivity contribution in [1.29, 1.82) is 0 Å². The van der Waals surface area contributed by atoms with E-state index in [0.29, 0.717) is 4.34 Å². The highest BCUT2D eigenvalue weighted by atomic mass is 35.5. The van der Waals surface area contributed by atoms with E-state index in [9.17, 15) is 0 Å². The van der Waals surface area contributed by atoms with Crippen molar-refractivity contribution in [3.05, 3.63) is 20.3 Å². The summed E-state index contributed by atoms with van der Waals surface area (Å²) in [5.74, 6) is 0.250. The molecule has 1 heterocycles. The zero-order chi connectivity index (χ0) is 11.4. The Labute approximate surface area is 104 Å². The highest BCUT2D eigenvalue weighted by molar-refractivity contribution is 7.20. The molecule has 2 atom stereocenters. The van der Waals surface area contributed by atoms with Gasteiger partial charge in [0.25, 0.3) is 0 Å². The van der Waals surface area contributed by atoms with Crippen molar-refractivity contribution in [2.45, 2.75) is 19.9 Å². The maximum Gasteiger partial charge on any atom is 0.0991 e. The standard InChI is InChI=1S/C10H15Cl2NOS/c1-6(5-14)4-13-7(2)8-3-9(11)15-10(8)12/h3,6-7,13-14H,4-5H2,1-2H3. The van der Waals surface area contributed by atoms with Crippen molar-refractivity contribution in [3.8, 4) is 0 Å². The minimum Gasteiger partial charge on any atom is -0.396 e. The highest BCUT2D eigenvalue weighted by Crippen LogP contribution is 2.34. The molecule has 2 nitrogen and oxygen atoms in total. The van der Waals surface area contributed by atoms with E-state index in [1.54, 1.807) is 0 Å². The van der Waals surface area contributed by atoms with Crippen molar-refractivity contribution in [1.82, 2.24) is 5.32 Å². The maximum atomic E-state index is 8.89. The number of nitrogens with one attached hydrogen (secondary N) is 1. The smallest absolute Gasteiger partial charge is 0.0991 e. The van der Waals surface area contributed by atoms with Gasteiger partial charge in [0.1, 0.15) is 0 Å². The van der Waals surface area contributed by atoms with Gasteiger partial charge in [-0.2, -0.15) is 0 Å². The van der Waals surface area contributed by atoms with Crippen LogP contribution in [0.25, 0.3) is 0 Å². The fourth-order valence-corrected chi connectivity index (χ4v) is 2.85. The quantitative estimate of drug-likeness (QED) is 0.858. The first-order valence-corrected chi connectivity index (χ1v) is 6.40. The molecule has 0 fully saturated rings. The van der Waals surface area contributed by atoms with Gasteiger partial charge in [-0.15, -0.1) is 11.3 Å². The lowest BCUT2D eigenvalue weighted by atomic mass is 10.1. The van der Waals surface area contributed by atoms with Crippen LogP contribution in [-0.2, 0) is 0 Å². The van der Waals surface area contributed by atoms with Crippen molar-refractivity contribution < 1.29 is 5.11 Å². The Hall–Kier alpha value is 0.200. The van der Waals surface area contributed by atoms with Gasteiger partial charge < -0.3 is 10.4 Å². The molecule has 86 valence electrons. The molecule has 0 aliphatic heterocycles. The minimum atomic E-state index is 0.162. The molecule has 0 saturated carbocycles. The minimum absolute atomic E-state index is 0.162. The van der Waals surface area contributed by atoms with Crippen LogP contribution in [0.2, 0.25) is 8.67 Å². The summed E-state index contributed by atoms with van der Waals surface area (Å²) in [6.45, 7) is 4.98. The molecule has 1 rings (SSSR count). The lowest BCUT2D eigenvalue weighted by Gasteiger charge is -2.15. The molecule has 1 aromatic heterocycles. The van der Waals surface area contributed by atoms with E-state index < -0.39 is 0 Å². The predicted molar refractivity (Wildman–Crippen MR) is 67.0 cm³/mol. The Morgan fingerprint density at radius 2 is 2.13 bits per heavy atom. The average Bonchev–Trinajstić information content (AvgIpc) is 2.53. The summed E-state index contributed by atoms with van der Waals surface area (Å²) >= 11 is 13.3. The fourth-order valence-electron chi connectivity index (χ4n) is 1.20. The number of thiophene rings is 1. The Balaban J connectivity index is 2.53. The molecule has 0 aliphatic carbocycles. The summed E-state index contributed by atoms with van der Waals surface area (Å²) in [5, 5.41) is 12.2. The van der Waals surface area contributed by atoms with Crippen molar-refractivity contribution in [2.24, 2.45) is 5.92 Å². The summed E-state index contributed by atoms with van der Waals surface area (Å²) in [7, 11) is 0. The molecular formula is C10H15Cl2NOS. The molecule has 2 unspecified atom stereocenters.